The van der Waals surface area contributed by atoms with Crippen LogP contribution in [0.2, 0.25) is 0 Å². The van der Waals surface area contributed by atoms with E-state index in [1.54, 1.807) is 16.7 Å². The molecule has 6 nitrogen and oxygen atoms in total. The second-order valence-corrected chi connectivity index (χ2v) is 11.6. The van der Waals surface area contributed by atoms with Gasteiger partial charge in [0.05, 0.1) is 20.9 Å². The Kier molecular flexibility index (Phi) is 10.1. The molecule has 0 fully saturated rings. The highest BCUT2D eigenvalue weighted by molar-refractivity contribution is 7.98. The van der Waals surface area contributed by atoms with E-state index in [1.165, 1.54) is 23.5 Å². The molecule has 0 saturated heterocycles. The van der Waals surface area contributed by atoms with Gasteiger partial charge < -0.3 is 4.90 Å². The number of halogens is 2. The lowest BCUT2D eigenvalue weighted by atomic mass is 10.3. The lowest BCUT2D eigenvalue weighted by molar-refractivity contribution is -0.118. The third-order valence-electron chi connectivity index (χ3n) is 4.86. The Hall–Kier alpha value is -1.72. The SMILES string of the molecule is CSc1ccc2nc(N(CCN(C)C)C(=O)CCCS(=O)(=O)c3ccc(F)cc3)sc2c1.Cl. The van der Waals surface area contributed by atoms with Gasteiger partial charge in [-0.25, -0.2) is 17.8 Å². The van der Waals surface area contributed by atoms with E-state index < -0.39 is 15.7 Å². The summed E-state index contributed by atoms with van der Waals surface area (Å²) < 4.78 is 39.1. The van der Waals surface area contributed by atoms with Gasteiger partial charge >= 0.3 is 0 Å². The molecule has 0 aliphatic carbocycles. The van der Waals surface area contributed by atoms with Crippen LogP contribution in [0.4, 0.5) is 9.52 Å². The molecule has 1 amide bonds. The molecule has 0 radical (unpaired) electrons. The van der Waals surface area contributed by atoms with Gasteiger partial charge in [-0.2, -0.15) is 0 Å². The first-order valence-electron chi connectivity index (χ1n) is 10.1. The van der Waals surface area contributed by atoms with Gasteiger partial charge in [0, 0.05) is 24.4 Å². The monoisotopic (exact) mass is 531 g/mol. The van der Waals surface area contributed by atoms with Gasteiger partial charge in [0.1, 0.15) is 5.82 Å². The normalized spacial score (nSPS) is 11.5. The summed E-state index contributed by atoms with van der Waals surface area (Å²) in [4.78, 5) is 22.5. The molecule has 180 valence electrons. The molecule has 1 heterocycles. The first-order valence-corrected chi connectivity index (χ1v) is 13.8. The number of anilines is 1. The van der Waals surface area contributed by atoms with Gasteiger partial charge in [0.25, 0.3) is 0 Å². The van der Waals surface area contributed by atoms with E-state index in [9.17, 15) is 17.6 Å². The topological polar surface area (TPSA) is 70.6 Å². The number of benzene rings is 2. The number of sulfone groups is 1. The van der Waals surface area contributed by atoms with Crippen LogP contribution >= 0.6 is 35.5 Å². The number of carbonyl (C=O) groups excluding carboxylic acids is 1. The Labute approximate surface area is 208 Å². The highest BCUT2D eigenvalue weighted by Crippen LogP contribution is 2.32. The Morgan fingerprint density at radius 2 is 1.82 bits per heavy atom. The van der Waals surface area contributed by atoms with Gasteiger partial charge in [-0.15, -0.1) is 24.2 Å². The molecular formula is C22H27ClFN3O3S3. The quantitative estimate of drug-likeness (QED) is 0.278. The Morgan fingerprint density at radius 1 is 1.12 bits per heavy atom. The van der Waals surface area contributed by atoms with Gasteiger partial charge in [0.2, 0.25) is 5.91 Å². The molecule has 3 rings (SSSR count). The molecule has 3 aromatic rings. The molecule has 0 N–H and O–H groups in total. The van der Waals surface area contributed by atoms with Crippen molar-refractivity contribution in [1.82, 2.24) is 9.88 Å². The summed E-state index contributed by atoms with van der Waals surface area (Å²) in [5, 5.41) is 0.617. The zero-order chi connectivity index (χ0) is 23.3. The molecule has 0 aliphatic heterocycles. The number of likely N-dealkylation sites (N-methyl/N-ethyl adjacent to an activating group) is 1. The van der Waals surface area contributed by atoms with E-state index in [2.05, 4.69) is 11.1 Å². The third-order valence-corrected chi connectivity index (χ3v) is 8.45. The predicted octanol–water partition coefficient (Wildman–Crippen LogP) is 4.73. The summed E-state index contributed by atoms with van der Waals surface area (Å²) in [5.74, 6) is -0.829. The molecule has 0 saturated carbocycles. The third kappa shape index (κ3) is 7.38. The van der Waals surface area contributed by atoms with Crippen LogP contribution in [0.25, 0.3) is 10.2 Å². The number of hydrogen-bond donors (Lipinski definition) is 0. The van der Waals surface area contributed by atoms with Crippen LogP contribution in [0.1, 0.15) is 12.8 Å². The Morgan fingerprint density at radius 3 is 2.45 bits per heavy atom. The van der Waals surface area contributed by atoms with Crippen molar-refractivity contribution in [1.29, 1.82) is 0 Å². The minimum Gasteiger partial charge on any atom is -0.308 e. The molecule has 0 unspecified atom stereocenters. The summed E-state index contributed by atoms with van der Waals surface area (Å²) in [5.41, 5.74) is 0.837. The maximum Gasteiger partial charge on any atom is 0.228 e. The van der Waals surface area contributed by atoms with Crippen molar-refractivity contribution in [3.63, 3.8) is 0 Å². The number of hydrogen-bond acceptors (Lipinski definition) is 7. The van der Waals surface area contributed by atoms with Crippen molar-refractivity contribution in [2.24, 2.45) is 0 Å². The number of carbonyl (C=O) groups is 1. The molecule has 33 heavy (non-hydrogen) atoms. The van der Waals surface area contributed by atoms with Crippen molar-refractivity contribution in [2.45, 2.75) is 22.6 Å². The minimum atomic E-state index is -3.58. The summed E-state index contributed by atoms with van der Waals surface area (Å²) >= 11 is 3.11. The molecule has 0 atom stereocenters. The van der Waals surface area contributed by atoms with Gasteiger partial charge in [-0.05, 0) is 69.2 Å². The molecule has 1 aromatic heterocycles. The number of fused-ring (bicyclic) bond motifs is 1. The average molecular weight is 532 g/mol. The minimum absolute atomic E-state index is 0. The van der Waals surface area contributed by atoms with Crippen molar-refractivity contribution >= 4 is 66.6 Å². The molecule has 0 aliphatic rings. The van der Waals surface area contributed by atoms with Crippen LogP contribution < -0.4 is 4.90 Å². The van der Waals surface area contributed by atoms with Crippen LogP contribution in [0.15, 0.2) is 52.3 Å². The Balaban J connectivity index is 0.00000385. The van der Waals surface area contributed by atoms with E-state index in [4.69, 9.17) is 0 Å². The zero-order valence-electron chi connectivity index (χ0n) is 18.7. The highest BCUT2D eigenvalue weighted by Gasteiger charge is 2.21. The van der Waals surface area contributed by atoms with E-state index in [1.807, 2.05) is 37.4 Å². The maximum atomic E-state index is 13.1. The standard InChI is InChI=1S/C22H26FN3O3S3.ClH/c1-25(2)12-13-26(22-24-19-11-8-17(30-3)15-20(19)31-22)21(27)5-4-14-32(28,29)18-9-6-16(23)7-10-18;/h6-11,15H,4-5,12-14H2,1-3H3;1H. The highest BCUT2D eigenvalue weighted by atomic mass is 35.5. The second kappa shape index (κ2) is 12.1. The van der Waals surface area contributed by atoms with E-state index in [0.29, 0.717) is 18.2 Å². The fourth-order valence-corrected chi connectivity index (χ4v) is 5.94. The van der Waals surface area contributed by atoms with Gasteiger partial charge in [-0.3, -0.25) is 9.69 Å². The number of rotatable bonds is 10. The van der Waals surface area contributed by atoms with E-state index in [-0.39, 0.29) is 41.8 Å². The molecule has 0 spiro atoms. The van der Waals surface area contributed by atoms with Crippen LogP contribution in [0, 0.1) is 5.82 Å². The number of thiazole rings is 1. The van der Waals surface area contributed by atoms with Crippen LogP contribution in [0.5, 0.6) is 0 Å². The summed E-state index contributed by atoms with van der Waals surface area (Å²) in [6.07, 6.45) is 2.27. The van der Waals surface area contributed by atoms with Crippen LogP contribution in [-0.2, 0) is 14.6 Å². The second-order valence-electron chi connectivity index (χ2n) is 7.56. The van der Waals surface area contributed by atoms with Crippen molar-refractivity contribution in [2.75, 3.05) is 44.1 Å². The molecule has 0 bridgehead atoms. The lowest BCUT2D eigenvalue weighted by Crippen LogP contribution is -2.36. The van der Waals surface area contributed by atoms with Crippen LogP contribution in [-0.4, -0.2) is 63.4 Å². The van der Waals surface area contributed by atoms with Crippen molar-refractivity contribution in [3.8, 4) is 0 Å². The summed E-state index contributed by atoms with van der Waals surface area (Å²) in [6, 6.07) is 10.8. The number of aromatic nitrogens is 1. The first-order chi connectivity index (χ1) is 15.2. The first kappa shape index (κ1) is 27.5. The van der Waals surface area contributed by atoms with E-state index in [0.717, 1.165) is 27.2 Å². The van der Waals surface area contributed by atoms with Crippen LogP contribution in [0.3, 0.4) is 0 Å². The average Bonchev–Trinajstić information content (AvgIpc) is 3.16. The summed E-state index contributed by atoms with van der Waals surface area (Å²) in [6.45, 7) is 1.12. The Bertz CT molecular complexity index is 1180. The number of nitrogens with zero attached hydrogens (tertiary/aromatic N) is 3. The largest absolute Gasteiger partial charge is 0.308 e. The fourth-order valence-electron chi connectivity index (χ4n) is 3.07. The fraction of sp³-hybridized carbons (Fsp3) is 0.364. The smallest absolute Gasteiger partial charge is 0.228 e. The maximum absolute atomic E-state index is 13.1. The zero-order valence-corrected chi connectivity index (χ0v) is 21.9. The predicted molar refractivity (Wildman–Crippen MR) is 137 cm³/mol. The molecule has 2 aromatic carbocycles. The number of thioether (sulfide) groups is 1. The van der Waals surface area contributed by atoms with Gasteiger partial charge in [-0.1, -0.05) is 11.3 Å². The summed E-state index contributed by atoms with van der Waals surface area (Å²) in [7, 11) is 0.285. The lowest BCUT2D eigenvalue weighted by Gasteiger charge is -2.22. The molecular weight excluding hydrogens is 505 g/mol. The van der Waals surface area contributed by atoms with Gasteiger partial charge in [0.15, 0.2) is 15.0 Å². The van der Waals surface area contributed by atoms with Crippen molar-refractivity contribution in [3.05, 3.63) is 48.3 Å². The van der Waals surface area contributed by atoms with E-state index >= 15 is 0 Å². The number of amides is 1. The van der Waals surface area contributed by atoms with Crippen molar-refractivity contribution < 1.29 is 17.6 Å². The molecule has 11 heteroatoms.